The number of hydrogen-bond donors (Lipinski definition) is 0. The van der Waals surface area contributed by atoms with Gasteiger partial charge in [-0.15, -0.1) is 0 Å². The molecule has 0 atom stereocenters. The van der Waals surface area contributed by atoms with Gasteiger partial charge in [-0.05, 0) is 25.5 Å². The number of unbranched alkanes of at least 4 members (excludes halogenated alkanes) is 1. The fourth-order valence-corrected chi connectivity index (χ4v) is 1.60. The number of nitrogens with zero attached hydrogens (tertiary/aromatic N) is 1. The Morgan fingerprint density at radius 3 is 2.53 bits per heavy atom. The summed E-state index contributed by atoms with van der Waals surface area (Å²) in [6.07, 6.45) is 2.09. The summed E-state index contributed by atoms with van der Waals surface area (Å²) >= 11 is 0. The van der Waals surface area contributed by atoms with Gasteiger partial charge in [0.15, 0.2) is 6.61 Å². The van der Waals surface area contributed by atoms with Crippen LogP contribution in [0, 0.1) is 0 Å². The molecule has 4 nitrogen and oxygen atoms in total. The van der Waals surface area contributed by atoms with E-state index in [-0.39, 0.29) is 12.5 Å². The van der Waals surface area contributed by atoms with Gasteiger partial charge in [-0.1, -0.05) is 19.4 Å². The maximum absolute atomic E-state index is 11.8. The van der Waals surface area contributed by atoms with Crippen LogP contribution in [0.25, 0.3) is 0 Å². The Balaban J connectivity index is 2.43. The standard InChI is InChI=1S/C15H23NO3/c1-4-6-10-16(3)15(17)12-19-14-9-7-8-13(11-14)18-5-2/h7-9,11H,4-6,10,12H2,1-3H3. The first-order valence-corrected chi connectivity index (χ1v) is 6.77. The molecule has 0 N–H and O–H groups in total. The van der Waals surface area contributed by atoms with E-state index in [4.69, 9.17) is 9.47 Å². The molecule has 0 bridgehead atoms. The summed E-state index contributed by atoms with van der Waals surface area (Å²) < 4.78 is 10.9. The fraction of sp³-hybridized carbons (Fsp3) is 0.533. The van der Waals surface area contributed by atoms with Gasteiger partial charge >= 0.3 is 0 Å². The number of rotatable bonds is 8. The lowest BCUT2D eigenvalue weighted by molar-refractivity contribution is -0.132. The molecule has 1 rings (SSSR count). The van der Waals surface area contributed by atoms with Gasteiger partial charge in [0.05, 0.1) is 6.61 Å². The van der Waals surface area contributed by atoms with Gasteiger partial charge in [-0.2, -0.15) is 0 Å². The number of carbonyl (C=O) groups is 1. The third-order valence-corrected chi connectivity index (χ3v) is 2.75. The first-order valence-electron chi connectivity index (χ1n) is 6.77. The summed E-state index contributed by atoms with van der Waals surface area (Å²) in [5, 5.41) is 0. The lowest BCUT2D eigenvalue weighted by atomic mass is 10.3. The van der Waals surface area contributed by atoms with Crippen LogP contribution in [0.3, 0.4) is 0 Å². The lowest BCUT2D eigenvalue weighted by Crippen LogP contribution is -2.32. The van der Waals surface area contributed by atoms with Gasteiger partial charge in [-0.25, -0.2) is 0 Å². The normalized spacial score (nSPS) is 10.1. The van der Waals surface area contributed by atoms with Crippen LogP contribution in [0.4, 0.5) is 0 Å². The quantitative estimate of drug-likeness (QED) is 0.725. The van der Waals surface area contributed by atoms with Crippen molar-refractivity contribution in [3.05, 3.63) is 24.3 Å². The Labute approximate surface area is 115 Å². The predicted octanol–water partition coefficient (Wildman–Crippen LogP) is 2.72. The average molecular weight is 265 g/mol. The van der Waals surface area contributed by atoms with Gasteiger partial charge in [0, 0.05) is 19.7 Å². The van der Waals surface area contributed by atoms with Gasteiger partial charge < -0.3 is 14.4 Å². The van der Waals surface area contributed by atoms with E-state index in [1.54, 1.807) is 18.0 Å². The summed E-state index contributed by atoms with van der Waals surface area (Å²) in [5.74, 6) is 1.41. The van der Waals surface area contributed by atoms with Crippen molar-refractivity contribution < 1.29 is 14.3 Å². The molecule has 19 heavy (non-hydrogen) atoms. The van der Waals surface area contributed by atoms with Crippen molar-refractivity contribution in [1.29, 1.82) is 0 Å². The van der Waals surface area contributed by atoms with Gasteiger partial charge in [0.2, 0.25) is 0 Å². The molecule has 0 spiro atoms. The summed E-state index contributed by atoms with van der Waals surface area (Å²) in [4.78, 5) is 13.5. The molecular formula is C15H23NO3. The molecule has 4 heteroatoms. The Kier molecular flexibility index (Phi) is 6.79. The Morgan fingerprint density at radius 2 is 1.89 bits per heavy atom. The average Bonchev–Trinajstić information content (AvgIpc) is 2.43. The molecule has 0 saturated heterocycles. The topological polar surface area (TPSA) is 38.8 Å². The summed E-state index contributed by atoms with van der Waals surface area (Å²) in [6.45, 7) is 5.49. The number of amides is 1. The minimum Gasteiger partial charge on any atom is -0.494 e. The second-order valence-electron chi connectivity index (χ2n) is 4.37. The van der Waals surface area contributed by atoms with Crippen LogP contribution in [0.5, 0.6) is 11.5 Å². The summed E-state index contributed by atoms with van der Waals surface area (Å²) in [5.41, 5.74) is 0. The highest BCUT2D eigenvalue weighted by Gasteiger charge is 2.09. The maximum Gasteiger partial charge on any atom is 0.260 e. The fourth-order valence-electron chi connectivity index (χ4n) is 1.60. The highest BCUT2D eigenvalue weighted by atomic mass is 16.5. The van der Waals surface area contributed by atoms with Gasteiger partial charge in [0.1, 0.15) is 11.5 Å². The monoisotopic (exact) mass is 265 g/mol. The van der Waals surface area contributed by atoms with Crippen molar-refractivity contribution in [2.24, 2.45) is 0 Å². The molecule has 0 aliphatic rings. The zero-order valence-corrected chi connectivity index (χ0v) is 12.0. The molecule has 1 amide bonds. The largest absolute Gasteiger partial charge is 0.494 e. The van der Waals surface area contributed by atoms with Crippen LogP contribution in [0.1, 0.15) is 26.7 Å². The first-order chi connectivity index (χ1) is 9.17. The van der Waals surface area contributed by atoms with E-state index < -0.39 is 0 Å². The molecule has 1 aromatic carbocycles. The minimum absolute atomic E-state index is 0.00439. The van der Waals surface area contributed by atoms with E-state index in [0.29, 0.717) is 12.4 Å². The van der Waals surface area contributed by atoms with Crippen molar-refractivity contribution >= 4 is 5.91 Å². The van der Waals surface area contributed by atoms with Crippen LogP contribution in [0.15, 0.2) is 24.3 Å². The molecule has 0 saturated carbocycles. The van der Waals surface area contributed by atoms with Gasteiger partial charge in [0.25, 0.3) is 5.91 Å². The highest BCUT2D eigenvalue weighted by Crippen LogP contribution is 2.19. The Hall–Kier alpha value is -1.71. The SMILES string of the molecule is CCCCN(C)C(=O)COc1cccc(OCC)c1. The molecule has 0 aliphatic heterocycles. The van der Waals surface area contributed by atoms with Gasteiger partial charge in [-0.3, -0.25) is 4.79 Å². The lowest BCUT2D eigenvalue weighted by Gasteiger charge is -2.17. The van der Waals surface area contributed by atoms with E-state index in [9.17, 15) is 4.79 Å². The van der Waals surface area contributed by atoms with Crippen LogP contribution in [0.2, 0.25) is 0 Å². The van der Waals surface area contributed by atoms with Crippen molar-refractivity contribution in [3.8, 4) is 11.5 Å². The summed E-state index contributed by atoms with van der Waals surface area (Å²) in [7, 11) is 1.80. The number of carbonyl (C=O) groups excluding carboxylic acids is 1. The van der Waals surface area contributed by atoms with E-state index in [2.05, 4.69) is 6.92 Å². The maximum atomic E-state index is 11.8. The Morgan fingerprint density at radius 1 is 1.21 bits per heavy atom. The van der Waals surface area contributed by atoms with E-state index in [1.807, 2.05) is 25.1 Å². The van der Waals surface area contributed by atoms with Crippen molar-refractivity contribution in [2.45, 2.75) is 26.7 Å². The van der Waals surface area contributed by atoms with E-state index in [0.717, 1.165) is 25.1 Å². The smallest absolute Gasteiger partial charge is 0.260 e. The van der Waals surface area contributed by atoms with Crippen molar-refractivity contribution in [3.63, 3.8) is 0 Å². The molecule has 0 radical (unpaired) electrons. The molecular weight excluding hydrogens is 242 g/mol. The zero-order chi connectivity index (χ0) is 14.1. The number of likely N-dealkylation sites (N-methyl/N-ethyl adjacent to an activating group) is 1. The minimum atomic E-state index is -0.00439. The zero-order valence-electron chi connectivity index (χ0n) is 12.0. The van der Waals surface area contributed by atoms with Crippen LogP contribution in [-0.4, -0.2) is 37.6 Å². The molecule has 1 aromatic rings. The van der Waals surface area contributed by atoms with Crippen molar-refractivity contribution in [1.82, 2.24) is 4.90 Å². The highest BCUT2D eigenvalue weighted by molar-refractivity contribution is 5.77. The number of ether oxygens (including phenoxy) is 2. The first kappa shape index (κ1) is 15.3. The van der Waals surface area contributed by atoms with Crippen LogP contribution >= 0.6 is 0 Å². The van der Waals surface area contributed by atoms with Crippen LogP contribution in [-0.2, 0) is 4.79 Å². The molecule has 106 valence electrons. The number of benzene rings is 1. The third-order valence-electron chi connectivity index (χ3n) is 2.75. The molecule has 0 fully saturated rings. The number of hydrogen-bond acceptors (Lipinski definition) is 3. The molecule has 0 aromatic heterocycles. The third kappa shape index (κ3) is 5.64. The van der Waals surface area contributed by atoms with E-state index in [1.165, 1.54) is 0 Å². The van der Waals surface area contributed by atoms with Crippen LogP contribution < -0.4 is 9.47 Å². The Bertz CT molecular complexity index is 393. The summed E-state index contributed by atoms with van der Waals surface area (Å²) in [6, 6.07) is 7.34. The van der Waals surface area contributed by atoms with Crippen molar-refractivity contribution in [2.75, 3.05) is 26.8 Å². The van der Waals surface area contributed by atoms with E-state index >= 15 is 0 Å². The molecule has 0 unspecified atom stereocenters. The molecule has 0 heterocycles. The second kappa shape index (κ2) is 8.40. The molecule has 0 aliphatic carbocycles. The predicted molar refractivity (Wildman–Crippen MR) is 75.7 cm³/mol. The second-order valence-corrected chi connectivity index (χ2v) is 4.37.